The van der Waals surface area contributed by atoms with Crippen LogP contribution in [0, 0.1) is 6.92 Å². The maximum absolute atomic E-state index is 4.30. The Hall–Kier alpha value is -1.04. The molecule has 0 spiro atoms. The second-order valence-corrected chi connectivity index (χ2v) is 6.39. The van der Waals surface area contributed by atoms with Crippen LogP contribution in [-0.2, 0) is 0 Å². The van der Waals surface area contributed by atoms with Gasteiger partial charge in [-0.1, -0.05) is 52.3 Å². The third-order valence-electron chi connectivity index (χ3n) is 4.62. The molecule has 1 saturated carbocycles. The molecule has 0 amide bonds. The summed E-state index contributed by atoms with van der Waals surface area (Å²) in [5.74, 6) is 1.37. The molecule has 0 bridgehead atoms. The first-order valence-electron chi connectivity index (χ1n) is 7.87. The molecule has 0 saturated heterocycles. The fourth-order valence-corrected chi connectivity index (χ4v) is 3.57. The molecule has 19 heavy (non-hydrogen) atoms. The van der Waals surface area contributed by atoms with Crippen molar-refractivity contribution < 1.29 is 0 Å². The van der Waals surface area contributed by atoms with Gasteiger partial charge in [0, 0.05) is 0 Å². The van der Waals surface area contributed by atoms with Crippen molar-refractivity contribution in [2.45, 2.75) is 71.6 Å². The van der Waals surface area contributed by atoms with Crippen LogP contribution < -0.4 is 0 Å². The van der Waals surface area contributed by atoms with E-state index in [9.17, 15) is 0 Å². The summed E-state index contributed by atoms with van der Waals surface area (Å²) in [5.41, 5.74) is 7.26. The molecule has 104 valence electrons. The van der Waals surface area contributed by atoms with Crippen molar-refractivity contribution >= 4 is 5.57 Å². The number of hydrogen-bond acceptors (Lipinski definition) is 0. The van der Waals surface area contributed by atoms with Crippen LogP contribution in [0.25, 0.3) is 5.57 Å². The fourth-order valence-electron chi connectivity index (χ4n) is 3.57. The van der Waals surface area contributed by atoms with Gasteiger partial charge in [0.15, 0.2) is 0 Å². The van der Waals surface area contributed by atoms with E-state index in [1.54, 1.807) is 5.56 Å². The van der Waals surface area contributed by atoms with Gasteiger partial charge in [0.1, 0.15) is 0 Å². The van der Waals surface area contributed by atoms with E-state index in [0.29, 0.717) is 5.92 Å². The molecule has 1 aromatic carbocycles. The van der Waals surface area contributed by atoms with Crippen molar-refractivity contribution in [2.24, 2.45) is 0 Å². The first-order valence-corrected chi connectivity index (χ1v) is 7.87. The highest BCUT2D eigenvalue weighted by Crippen LogP contribution is 2.38. The molecular formula is C19H28. The van der Waals surface area contributed by atoms with Gasteiger partial charge in [-0.2, -0.15) is 0 Å². The molecule has 0 aromatic heterocycles. The van der Waals surface area contributed by atoms with Crippen LogP contribution in [0.1, 0.15) is 87.0 Å². The zero-order chi connectivity index (χ0) is 14.0. The van der Waals surface area contributed by atoms with E-state index in [1.807, 2.05) is 0 Å². The maximum atomic E-state index is 4.30. The molecule has 0 radical (unpaired) electrons. The van der Waals surface area contributed by atoms with Crippen LogP contribution in [0.5, 0.6) is 0 Å². The van der Waals surface area contributed by atoms with Crippen LogP contribution in [-0.4, -0.2) is 0 Å². The topological polar surface area (TPSA) is 0 Å². The van der Waals surface area contributed by atoms with Crippen molar-refractivity contribution in [3.05, 3.63) is 41.0 Å². The largest absolute Gasteiger partial charge is 0.0952 e. The van der Waals surface area contributed by atoms with E-state index in [2.05, 4.69) is 46.4 Å². The average molecular weight is 256 g/mol. The van der Waals surface area contributed by atoms with Crippen molar-refractivity contribution in [1.82, 2.24) is 0 Å². The average Bonchev–Trinajstić information content (AvgIpc) is 2.90. The van der Waals surface area contributed by atoms with Crippen molar-refractivity contribution in [3.63, 3.8) is 0 Å². The molecule has 0 N–H and O–H groups in total. The summed E-state index contributed by atoms with van der Waals surface area (Å²) in [7, 11) is 0. The molecule has 0 unspecified atom stereocenters. The number of rotatable bonds is 4. The molecule has 1 fully saturated rings. The Bertz CT molecular complexity index is 459. The van der Waals surface area contributed by atoms with Crippen LogP contribution in [0.3, 0.4) is 0 Å². The second-order valence-electron chi connectivity index (χ2n) is 6.39. The van der Waals surface area contributed by atoms with Gasteiger partial charge in [0.25, 0.3) is 0 Å². The molecule has 0 atom stereocenters. The van der Waals surface area contributed by atoms with Crippen LogP contribution in [0.2, 0.25) is 0 Å². The summed E-state index contributed by atoms with van der Waals surface area (Å²) in [6, 6.07) is 4.89. The Labute approximate surface area is 118 Å². The lowest BCUT2D eigenvalue weighted by Gasteiger charge is -2.21. The molecule has 0 heterocycles. The lowest BCUT2D eigenvalue weighted by molar-refractivity contribution is 0.719. The SMILES string of the molecule is C=C(CC)c1cc(C2CCCC2)cc(C)c1C(C)C. The lowest BCUT2D eigenvalue weighted by Crippen LogP contribution is -2.03. The molecular weight excluding hydrogens is 228 g/mol. The van der Waals surface area contributed by atoms with Gasteiger partial charge in [-0.25, -0.2) is 0 Å². The molecule has 2 rings (SSSR count). The Morgan fingerprint density at radius 2 is 1.89 bits per heavy atom. The van der Waals surface area contributed by atoms with Gasteiger partial charge < -0.3 is 0 Å². The third-order valence-corrected chi connectivity index (χ3v) is 4.62. The maximum Gasteiger partial charge on any atom is -0.0162 e. The summed E-state index contributed by atoms with van der Waals surface area (Å²) in [4.78, 5) is 0. The van der Waals surface area contributed by atoms with E-state index in [-0.39, 0.29) is 0 Å². The Balaban J connectivity index is 2.49. The molecule has 0 nitrogen and oxygen atoms in total. The highest BCUT2D eigenvalue weighted by molar-refractivity contribution is 5.69. The van der Waals surface area contributed by atoms with Crippen molar-refractivity contribution in [3.8, 4) is 0 Å². The lowest BCUT2D eigenvalue weighted by atomic mass is 9.84. The second kappa shape index (κ2) is 5.94. The highest BCUT2D eigenvalue weighted by atomic mass is 14.3. The number of aryl methyl sites for hydroxylation is 1. The van der Waals surface area contributed by atoms with Crippen LogP contribution in [0.4, 0.5) is 0 Å². The Morgan fingerprint density at radius 3 is 2.42 bits per heavy atom. The summed E-state index contributed by atoms with van der Waals surface area (Å²) < 4.78 is 0. The zero-order valence-corrected chi connectivity index (χ0v) is 13.1. The van der Waals surface area contributed by atoms with Gasteiger partial charge in [-0.15, -0.1) is 0 Å². The van der Waals surface area contributed by atoms with Crippen molar-refractivity contribution in [2.75, 3.05) is 0 Å². The number of allylic oxidation sites excluding steroid dienone is 1. The van der Waals surface area contributed by atoms with Crippen molar-refractivity contribution in [1.29, 1.82) is 0 Å². The highest BCUT2D eigenvalue weighted by Gasteiger charge is 2.20. The van der Waals surface area contributed by atoms with E-state index in [0.717, 1.165) is 12.3 Å². The first-order chi connectivity index (χ1) is 9.04. The minimum atomic E-state index is 0.580. The van der Waals surface area contributed by atoms with Gasteiger partial charge >= 0.3 is 0 Å². The molecule has 1 aliphatic carbocycles. The van der Waals surface area contributed by atoms with Crippen LogP contribution >= 0.6 is 0 Å². The normalized spacial score (nSPS) is 16.3. The molecule has 1 aromatic rings. The molecule has 1 aliphatic rings. The molecule has 0 heteroatoms. The van der Waals surface area contributed by atoms with E-state index < -0.39 is 0 Å². The fraction of sp³-hybridized carbons (Fsp3) is 0.579. The zero-order valence-electron chi connectivity index (χ0n) is 13.1. The first kappa shape index (κ1) is 14.4. The van der Waals surface area contributed by atoms with E-state index >= 15 is 0 Å². The molecule has 0 aliphatic heterocycles. The predicted octanol–water partition coefficient (Wildman–Crippen LogP) is 6.20. The minimum Gasteiger partial charge on any atom is -0.0952 e. The standard InChI is InChI=1S/C19H28/c1-6-14(4)18-12-17(16-9-7-8-10-16)11-15(5)19(18)13(2)3/h11-13,16H,4,6-10H2,1-3,5H3. The van der Waals surface area contributed by atoms with Gasteiger partial charge in [0.2, 0.25) is 0 Å². The third kappa shape index (κ3) is 2.94. The van der Waals surface area contributed by atoms with E-state index in [1.165, 1.54) is 47.9 Å². The quantitative estimate of drug-likeness (QED) is 0.601. The van der Waals surface area contributed by atoms with Gasteiger partial charge in [-0.05, 0) is 65.8 Å². The predicted molar refractivity (Wildman–Crippen MR) is 85.8 cm³/mol. The Morgan fingerprint density at radius 1 is 1.26 bits per heavy atom. The van der Waals surface area contributed by atoms with Crippen LogP contribution in [0.15, 0.2) is 18.7 Å². The van der Waals surface area contributed by atoms with Gasteiger partial charge in [-0.3, -0.25) is 0 Å². The minimum absolute atomic E-state index is 0.580. The Kier molecular flexibility index (Phi) is 4.50. The number of benzene rings is 1. The van der Waals surface area contributed by atoms with E-state index in [4.69, 9.17) is 0 Å². The van der Waals surface area contributed by atoms with Gasteiger partial charge in [0.05, 0.1) is 0 Å². The summed E-state index contributed by atoms with van der Waals surface area (Å²) in [5, 5.41) is 0. The summed E-state index contributed by atoms with van der Waals surface area (Å²) >= 11 is 0. The smallest absolute Gasteiger partial charge is 0.0162 e. The summed E-state index contributed by atoms with van der Waals surface area (Å²) in [6.45, 7) is 13.4. The summed E-state index contributed by atoms with van der Waals surface area (Å²) in [6.07, 6.45) is 6.60. The monoisotopic (exact) mass is 256 g/mol. The number of hydrogen-bond donors (Lipinski definition) is 0.